The van der Waals surface area contributed by atoms with E-state index in [0.29, 0.717) is 19.6 Å². The summed E-state index contributed by atoms with van der Waals surface area (Å²) < 4.78 is 24.5. The van der Waals surface area contributed by atoms with E-state index in [1.165, 1.54) is 0 Å². The highest BCUT2D eigenvalue weighted by molar-refractivity contribution is 5.37. The number of piperazine rings is 1. The van der Waals surface area contributed by atoms with Crippen molar-refractivity contribution < 1.29 is 18.7 Å². The second-order valence-electron chi connectivity index (χ2n) is 7.77. The van der Waals surface area contributed by atoms with Crippen LogP contribution in [-0.2, 0) is 20.8 Å². The molecule has 27 heavy (non-hydrogen) atoms. The third-order valence-electron chi connectivity index (χ3n) is 4.38. The van der Waals surface area contributed by atoms with Gasteiger partial charge in [-0.2, -0.15) is 0 Å². The van der Waals surface area contributed by atoms with Gasteiger partial charge in [-0.3, -0.25) is 9.69 Å². The van der Waals surface area contributed by atoms with Gasteiger partial charge in [0.15, 0.2) is 0 Å². The number of rotatable bonds is 4. The number of nitrogens with zero attached hydrogens (tertiary/aromatic N) is 1. The lowest BCUT2D eigenvalue weighted by molar-refractivity contribution is -0.138. The van der Waals surface area contributed by atoms with Crippen molar-refractivity contribution in [1.29, 1.82) is 0 Å². The van der Waals surface area contributed by atoms with Crippen molar-refractivity contribution in [2.45, 2.75) is 39.0 Å². The SMILES string of the molecule is CC(C)(C)OC=O.Fc1cc(C2CNCCO2)ccc1CN1CCNCC1. The van der Waals surface area contributed by atoms with Crippen molar-refractivity contribution in [3.8, 4) is 0 Å². The number of ether oxygens (including phenoxy) is 2. The van der Waals surface area contributed by atoms with Gasteiger partial charge in [-0.15, -0.1) is 0 Å². The van der Waals surface area contributed by atoms with Crippen LogP contribution in [0.25, 0.3) is 0 Å². The summed E-state index contributed by atoms with van der Waals surface area (Å²) >= 11 is 0. The van der Waals surface area contributed by atoms with Crippen LogP contribution in [0.2, 0.25) is 0 Å². The minimum absolute atomic E-state index is 0.0218. The molecule has 6 nitrogen and oxygen atoms in total. The quantitative estimate of drug-likeness (QED) is 0.777. The molecule has 2 saturated heterocycles. The van der Waals surface area contributed by atoms with E-state index >= 15 is 0 Å². The van der Waals surface area contributed by atoms with Crippen molar-refractivity contribution in [2.75, 3.05) is 45.9 Å². The maximum Gasteiger partial charge on any atom is 0.293 e. The van der Waals surface area contributed by atoms with Crippen LogP contribution < -0.4 is 10.6 Å². The van der Waals surface area contributed by atoms with Crippen molar-refractivity contribution >= 4 is 6.47 Å². The first-order chi connectivity index (χ1) is 12.9. The summed E-state index contributed by atoms with van der Waals surface area (Å²) in [7, 11) is 0. The van der Waals surface area contributed by atoms with Gasteiger partial charge in [-0.05, 0) is 32.4 Å². The van der Waals surface area contributed by atoms with Gasteiger partial charge in [0.25, 0.3) is 6.47 Å². The average Bonchev–Trinajstić information content (AvgIpc) is 2.64. The molecule has 2 fully saturated rings. The normalized spacial score (nSPS) is 21.1. The Morgan fingerprint density at radius 3 is 2.52 bits per heavy atom. The number of nitrogens with one attached hydrogen (secondary N) is 2. The van der Waals surface area contributed by atoms with Gasteiger partial charge in [-0.25, -0.2) is 4.39 Å². The Morgan fingerprint density at radius 1 is 1.26 bits per heavy atom. The smallest absolute Gasteiger partial charge is 0.293 e. The van der Waals surface area contributed by atoms with Crippen LogP contribution in [0.1, 0.15) is 38.0 Å². The summed E-state index contributed by atoms with van der Waals surface area (Å²) in [5, 5.41) is 6.58. The molecule has 0 radical (unpaired) electrons. The van der Waals surface area contributed by atoms with Crippen molar-refractivity contribution in [3.63, 3.8) is 0 Å². The molecular formula is C20H32FN3O3. The van der Waals surface area contributed by atoms with Crippen molar-refractivity contribution in [1.82, 2.24) is 15.5 Å². The van der Waals surface area contributed by atoms with Gasteiger partial charge in [-0.1, -0.05) is 12.1 Å². The minimum Gasteiger partial charge on any atom is -0.462 e. The molecule has 0 spiro atoms. The maximum atomic E-state index is 14.2. The molecule has 0 saturated carbocycles. The Kier molecular flexibility index (Phi) is 8.63. The largest absolute Gasteiger partial charge is 0.462 e. The third-order valence-corrected chi connectivity index (χ3v) is 4.38. The molecule has 152 valence electrons. The Balaban J connectivity index is 0.000000321. The fourth-order valence-corrected chi connectivity index (χ4v) is 2.93. The van der Waals surface area contributed by atoms with E-state index < -0.39 is 0 Å². The summed E-state index contributed by atoms with van der Waals surface area (Å²) in [5.41, 5.74) is 1.39. The number of carbonyl (C=O) groups is 1. The standard InChI is InChI=1S/C15H22FN3O.C5H10O2/c16-14-9-12(15-10-18-5-8-20-15)1-2-13(14)11-19-6-3-17-4-7-19;1-5(2,3)7-4-6/h1-2,9,15,17-18H,3-8,10-11H2;4H,1-3H3. The molecule has 2 heterocycles. The lowest BCUT2D eigenvalue weighted by Crippen LogP contribution is -2.43. The summed E-state index contributed by atoms with van der Waals surface area (Å²) in [6.07, 6.45) is -0.0218. The Morgan fingerprint density at radius 2 is 2.00 bits per heavy atom. The summed E-state index contributed by atoms with van der Waals surface area (Å²) in [4.78, 5) is 11.9. The summed E-state index contributed by atoms with van der Waals surface area (Å²) in [6, 6.07) is 5.54. The topological polar surface area (TPSA) is 62.8 Å². The highest BCUT2D eigenvalue weighted by atomic mass is 19.1. The third kappa shape index (κ3) is 7.92. The molecule has 0 bridgehead atoms. The average molecular weight is 381 g/mol. The first kappa shape index (κ1) is 21.8. The number of benzene rings is 1. The Hall–Kier alpha value is -1.54. The zero-order valence-electron chi connectivity index (χ0n) is 16.6. The number of halogens is 1. The van der Waals surface area contributed by atoms with Crippen LogP contribution in [0, 0.1) is 5.82 Å². The molecular weight excluding hydrogens is 349 g/mol. The number of hydrogen-bond acceptors (Lipinski definition) is 6. The molecule has 1 aromatic carbocycles. The second-order valence-corrected chi connectivity index (χ2v) is 7.77. The molecule has 1 atom stereocenters. The fourth-order valence-electron chi connectivity index (χ4n) is 2.93. The Labute approximate surface area is 161 Å². The summed E-state index contributed by atoms with van der Waals surface area (Å²) in [6.45, 7) is 12.9. The lowest BCUT2D eigenvalue weighted by atomic mass is 10.0. The minimum atomic E-state index is -0.318. The van der Waals surface area contributed by atoms with Crippen LogP contribution in [0.3, 0.4) is 0 Å². The van der Waals surface area contributed by atoms with Crippen LogP contribution in [0.15, 0.2) is 18.2 Å². The van der Waals surface area contributed by atoms with E-state index in [1.807, 2.05) is 32.9 Å². The van der Waals surface area contributed by atoms with E-state index in [4.69, 9.17) is 4.74 Å². The van der Waals surface area contributed by atoms with Crippen LogP contribution in [0.5, 0.6) is 0 Å². The molecule has 3 rings (SSSR count). The van der Waals surface area contributed by atoms with Crippen LogP contribution in [0.4, 0.5) is 4.39 Å². The predicted octanol–water partition coefficient (Wildman–Crippen LogP) is 1.85. The first-order valence-electron chi connectivity index (χ1n) is 9.54. The van der Waals surface area contributed by atoms with Gasteiger partial charge >= 0.3 is 0 Å². The van der Waals surface area contributed by atoms with Gasteiger partial charge in [0, 0.05) is 51.4 Å². The van der Waals surface area contributed by atoms with Gasteiger partial charge in [0.1, 0.15) is 11.4 Å². The molecule has 7 heteroatoms. The zero-order valence-corrected chi connectivity index (χ0v) is 16.6. The first-order valence-corrected chi connectivity index (χ1v) is 9.54. The molecule has 0 amide bonds. The predicted molar refractivity (Wildman–Crippen MR) is 103 cm³/mol. The summed E-state index contributed by atoms with van der Waals surface area (Å²) in [5.74, 6) is -0.116. The molecule has 0 aromatic heterocycles. The molecule has 1 unspecified atom stereocenters. The monoisotopic (exact) mass is 381 g/mol. The molecule has 2 aliphatic heterocycles. The van der Waals surface area contributed by atoms with E-state index in [1.54, 1.807) is 6.07 Å². The number of carbonyl (C=O) groups excluding carboxylic acids is 1. The van der Waals surface area contributed by atoms with Gasteiger partial charge in [0.05, 0.1) is 12.7 Å². The van der Waals surface area contributed by atoms with Gasteiger partial charge < -0.3 is 20.1 Å². The van der Waals surface area contributed by atoms with Crippen molar-refractivity contribution in [2.24, 2.45) is 0 Å². The van der Waals surface area contributed by atoms with E-state index in [0.717, 1.165) is 50.4 Å². The van der Waals surface area contributed by atoms with Crippen LogP contribution >= 0.6 is 0 Å². The highest BCUT2D eigenvalue weighted by Gasteiger charge is 2.18. The molecule has 2 N–H and O–H groups in total. The van der Waals surface area contributed by atoms with Crippen LogP contribution in [-0.4, -0.2) is 62.8 Å². The van der Waals surface area contributed by atoms with E-state index in [9.17, 15) is 9.18 Å². The van der Waals surface area contributed by atoms with Crippen molar-refractivity contribution in [3.05, 3.63) is 35.1 Å². The molecule has 1 aromatic rings. The zero-order chi connectivity index (χ0) is 19.7. The molecule has 0 aliphatic carbocycles. The molecule has 2 aliphatic rings. The number of hydrogen-bond donors (Lipinski definition) is 2. The maximum absolute atomic E-state index is 14.2. The van der Waals surface area contributed by atoms with E-state index in [-0.39, 0.29) is 17.5 Å². The second kappa shape index (κ2) is 10.7. The van der Waals surface area contributed by atoms with E-state index in [2.05, 4.69) is 20.3 Å². The van der Waals surface area contributed by atoms with Gasteiger partial charge in [0.2, 0.25) is 0 Å². The lowest BCUT2D eigenvalue weighted by Gasteiger charge is -2.28. The highest BCUT2D eigenvalue weighted by Crippen LogP contribution is 2.22. The fraction of sp³-hybridized carbons (Fsp3) is 0.650. The number of morpholine rings is 1. The Bertz CT molecular complexity index is 580.